The molecule has 0 bridgehead atoms. The molecule has 0 aromatic heterocycles. The van der Waals surface area contributed by atoms with E-state index in [1.54, 1.807) is 0 Å². The van der Waals surface area contributed by atoms with Crippen LogP contribution >= 0.6 is 0 Å². The van der Waals surface area contributed by atoms with Crippen molar-refractivity contribution in [3.63, 3.8) is 0 Å². The molecule has 10 rings (SSSR count). The number of allylic oxidation sites excluding steroid dienone is 9. The van der Waals surface area contributed by atoms with E-state index in [1.165, 1.54) is 100 Å². The monoisotopic (exact) mass is 830 g/mol. The molecule has 0 heteroatoms. The summed E-state index contributed by atoms with van der Waals surface area (Å²) in [5, 5.41) is 0. The highest BCUT2D eigenvalue weighted by Crippen LogP contribution is 2.49. The van der Waals surface area contributed by atoms with Gasteiger partial charge in [-0.3, -0.25) is 0 Å². The van der Waals surface area contributed by atoms with Gasteiger partial charge in [0.2, 0.25) is 0 Å². The van der Waals surface area contributed by atoms with Gasteiger partial charge >= 0.3 is 0 Å². The molecule has 0 atom stereocenters. The first-order chi connectivity index (χ1) is 32.0. The number of rotatable bonds is 10. The summed E-state index contributed by atoms with van der Waals surface area (Å²) in [4.78, 5) is 0. The average molecular weight is 831 g/mol. The Morgan fingerprint density at radius 1 is 0.446 bits per heavy atom. The quantitative estimate of drug-likeness (QED) is 0.120. The predicted octanol–water partition coefficient (Wildman–Crippen LogP) is 17.4. The van der Waals surface area contributed by atoms with Gasteiger partial charge in [-0.05, 0) is 150 Å². The van der Waals surface area contributed by atoms with Crippen LogP contribution in [0.5, 0.6) is 0 Å². The molecular formula is C65H50. The Morgan fingerprint density at radius 3 is 1.85 bits per heavy atom. The molecule has 2 aliphatic carbocycles. The van der Waals surface area contributed by atoms with Gasteiger partial charge in [-0.25, -0.2) is 0 Å². The van der Waals surface area contributed by atoms with Crippen LogP contribution in [0.3, 0.4) is 0 Å². The van der Waals surface area contributed by atoms with Crippen molar-refractivity contribution in [1.29, 1.82) is 0 Å². The molecule has 0 nitrogen and oxygen atoms in total. The average Bonchev–Trinajstić information content (AvgIpc) is 3.92. The van der Waals surface area contributed by atoms with E-state index in [1.807, 2.05) is 0 Å². The molecule has 0 heterocycles. The number of fused-ring (bicyclic) bond motifs is 4. The second-order valence-corrected chi connectivity index (χ2v) is 16.9. The van der Waals surface area contributed by atoms with Crippen LogP contribution in [-0.4, -0.2) is 0 Å². The molecule has 0 N–H and O–H groups in total. The maximum atomic E-state index is 2.38. The topological polar surface area (TPSA) is 0 Å². The van der Waals surface area contributed by atoms with Crippen LogP contribution in [0.15, 0.2) is 231 Å². The lowest BCUT2D eigenvalue weighted by Crippen LogP contribution is -1.94. The highest BCUT2D eigenvalue weighted by atomic mass is 14.3. The standard InChI is InChI=1S/C65H50/c1-4-5-19-54-40-41-55-27-17-26-51(63(54)55)25-16-24-48(49-36-38-50(39-37-49)56-34-31-46(3)61(44-56)57-28-13-12-18-45(57)2)35-32-47-33-42-59-58-29-14-15-30-60(58)65(62(59)43-47)64(52-20-8-6-9-21-52)53-22-10-7-11-23-53/h4-44H,1-3H3/b5-4+,25-16+,35-32-,48-24+,54-19-. The Morgan fingerprint density at radius 2 is 1.11 bits per heavy atom. The molecule has 0 amide bonds. The van der Waals surface area contributed by atoms with E-state index in [0.29, 0.717) is 0 Å². The number of hydrogen-bond donors (Lipinski definition) is 0. The van der Waals surface area contributed by atoms with Gasteiger partial charge < -0.3 is 0 Å². The van der Waals surface area contributed by atoms with Gasteiger partial charge in [-0.15, -0.1) is 0 Å². The van der Waals surface area contributed by atoms with Gasteiger partial charge in [-0.2, -0.15) is 0 Å². The number of benzene rings is 8. The Labute approximate surface area is 384 Å². The van der Waals surface area contributed by atoms with Crippen LogP contribution < -0.4 is 0 Å². The first-order valence-corrected chi connectivity index (χ1v) is 22.6. The minimum absolute atomic E-state index is 1.13. The number of aryl methyl sites for hydroxylation is 2. The van der Waals surface area contributed by atoms with Crippen LogP contribution in [0, 0.1) is 13.8 Å². The van der Waals surface area contributed by atoms with Crippen molar-refractivity contribution >= 4 is 40.5 Å². The highest BCUT2D eigenvalue weighted by Gasteiger charge is 2.27. The Kier molecular flexibility index (Phi) is 11.6. The van der Waals surface area contributed by atoms with Crippen LogP contribution in [0.4, 0.5) is 0 Å². The zero-order valence-corrected chi connectivity index (χ0v) is 37.2. The van der Waals surface area contributed by atoms with Crippen molar-refractivity contribution in [3.8, 4) is 33.4 Å². The summed E-state index contributed by atoms with van der Waals surface area (Å²) in [5.41, 5.74) is 25.9. The SMILES string of the molecule is C/C=C/C=C1/C=Cc2cccc(/C=C/C=C(\C=C/c3ccc4c(c3)C(=C(c3ccccc3)c3ccccc3)c3ccccc3-4)c3ccc(-c4ccc(C)c(-c5ccccc5C)c4)cc3)c21. The van der Waals surface area contributed by atoms with Crippen LogP contribution in [0.25, 0.3) is 73.9 Å². The molecule has 310 valence electrons. The number of hydrogen-bond acceptors (Lipinski definition) is 0. The molecule has 2 aliphatic rings. The van der Waals surface area contributed by atoms with Gasteiger partial charge in [-0.1, -0.05) is 237 Å². The molecular weight excluding hydrogens is 781 g/mol. The van der Waals surface area contributed by atoms with Crippen molar-refractivity contribution in [1.82, 2.24) is 0 Å². The lowest BCUT2D eigenvalue weighted by molar-refractivity contribution is 1.41. The molecule has 0 radical (unpaired) electrons. The van der Waals surface area contributed by atoms with Crippen molar-refractivity contribution < 1.29 is 0 Å². The Balaban J connectivity index is 1.06. The van der Waals surface area contributed by atoms with Crippen molar-refractivity contribution in [3.05, 3.63) is 292 Å². The minimum atomic E-state index is 1.13. The van der Waals surface area contributed by atoms with Gasteiger partial charge in [0.1, 0.15) is 0 Å². The zero-order chi connectivity index (χ0) is 44.1. The predicted molar refractivity (Wildman–Crippen MR) is 281 cm³/mol. The molecule has 0 saturated carbocycles. The van der Waals surface area contributed by atoms with Crippen molar-refractivity contribution in [2.75, 3.05) is 0 Å². The summed E-state index contributed by atoms with van der Waals surface area (Å²) in [5.74, 6) is 0. The van der Waals surface area contributed by atoms with Gasteiger partial charge in [0.25, 0.3) is 0 Å². The summed E-state index contributed by atoms with van der Waals surface area (Å²) in [6.07, 6.45) is 22.1. The third-order valence-electron chi connectivity index (χ3n) is 12.7. The van der Waals surface area contributed by atoms with Gasteiger partial charge in [0.05, 0.1) is 0 Å². The molecule has 0 spiro atoms. The summed E-state index contributed by atoms with van der Waals surface area (Å²) >= 11 is 0. The van der Waals surface area contributed by atoms with Crippen molar-refractivity contribution in [2.24, 2.45) is 0 Å². The Bertz CT molecular complexity index is 3240. The zero-order valence-electron chi connectivity index (χ0n) is 37.2. The van der Waals surface area contributed by atoms with E-state index < -0.39 is 0 Å². The first kappa shape index (κ1) is 41.0. The smallest absolute Gasteiger partial charge is 0.00141 e. The molecule has 0 saturated heterocycles. The molecule has 0 aliphatic heterocycles. The first-order valence-electron chi connectivity index (χ1n) is 22.6. The van der Waals surface area contributed by atoms with Crippen LogP contribution in [0.1, 0.15) is 68.1 Å². The lowest BCUT2D eigenvalue weighted by Gasteiger charge is -2.15. The van der Waals surface area contributed by atoms with E-state index in [2.05, 4.69) is 270 Å². The Hall–Kier alpha value is -8.06. The second-order valence-electron chi connectivity index (χ2n) is 16.9. The van der Waals surface area contributed by atoms with Gasteiger partial charge in [0, 0.05) is 0 Å². The fraction of sp³-hybridized carbons (Fsp3) is 0.0462. The highest BCUT2D eigenvalue weighted by molar-refractivity contribution is 6.14. The summed E-state index contributed by atoms with van der Waals surface area (Å²) in [7, 11) is 0. The third-order valence-corrected chi connectivity index (χ3v) is 12.7. The normalized spacial score (nSPS) is 13.6. The fourth-order valence-electron chi connectivity index (χ4n) is 9.44. The minimum Gasteiger partial charge on any atom is -0.0876 e. The summed E-state index contributed by atoms with van der Waals surface area (Å²) in [6, 6.07) is 68.6. The summed E-state index contributed by atoms with van der Waals surface area (Å²) < 4.78 is 0. The fourth-order valence-corrected chi connectivity index (χ4v) is 9.44. The lowest BCUT2D eigenvalue weighted by atomic mass is 9.88. The van der Waals surface area contributed by atoms with E-state index in [9.17, 15) is 0 Å². The molecule has 65 heavy (non-hydrogen) atoms. The largest absolute Gasteiger partial charge is 0.0876 e. The molecule has 0 fully saturated rings. The maximum absolute atomic E-state index is 2.38. The summed E-state index contributed by atoms with van der Waals surface area (Å²) in [6.45, 7) is 6.45. The van der Waals surface area contributed by atoms with E-state index in [-0.39, 0.29) is 0 Å². The second kappa shape index (κ2) is 18.3. The van der Waals surface area contributed by atoms with Crippen LogP contribution in [0.2, 0.25) is 0 Å². The molecule has 8 aromatic rings. The van der Waals surface area contributed by atoms with Crippen LogP contribution in [-0.2, 0) is 0 Å². The van der Waals surface area contributed by atoms with Crippen molar-refractivity contribution in [2.45, 2.75) is 20.8 Å². The van der Waals surface area contributed by atoms with E-state index in [4.69, 9.17) is 0 Å². The third kappa shape index (κ3) is 8.31. The van der Waals surface area contributed by atoms with E-state index >= 15 is 0 Å². The molecule has 0 unspecified atom stereocenters. The van der Waals surface area contributed by atoms with Gasteiger partial charge in [0.15, 0.2) is 0 Å². The molecule has 8 aromatic carbocycles. The van der Waals surface area contributed by atoms with E-state index in [0.717, 1.165) is 16.7 Å². The maximum Gasteiger partial charge on any atom is -0.00141 e.